The average molecular weight is 499 g/mol. The van der Waals surface area contributed by atoms with Crippen molar-refractivity contribution in [1.82, 2.24) is 25.3 Å². The molecule has 8 rings (SSSR count). The number of pyridine rings is 2. The number of imidazole rings is 1. The SMILES string of the molecule is Cc1[nH]c(-c2cc(-c3cncc(N4CCOCC4)c3)ccn2)nc1C(=O)NC1C2CC3CC(C2)CC1C3. The van der Waals surface area contributed by atoms with Crippen LogP contribution in [0.15, 0.2) is 36.8 Å². The highest BCUT2D eigenvalue weighted by molar-refractivity contribution is 5.94. The Morgan fingerprint density at radius 2 is 1.78 bits per heavy atom. The number of aryl methyl sites for hydroxylation is 1. The third-order valence-electron chi connectivity index (χ3n) is 9.06. The van der Waals surface area contributed by atoms with Crippen LogP contribution in [-0.2, 0) is 4.74 Å². The van der Waals surface area contributed by atoms with E-state index in [1.54, 1.807) is 6.20 Å². The molecule has 3 aromatic heterocycles. The molecule has 4 bridgehead atoms. The van der Waals surface area contributed by atoms with Crippen LogP contribution in [0.3, 0.4) is 0 Å². The van der Waals surface area contributed by atoms with E-state index in [9.17, 15) is 4.79 Å². The standard InChI is InChI=1S/C29H34N6O2/c1-17-26(29(36)34-27-21-9-18-8-19(11-21)12-22(27)10-18)33-28(32-17)25-14-20(2-3-31-25)23-13-24(16-30-15-23)35-4-6-37-7-5-35/h2-3,13-16,18-19,21-22,27H,4-12H2,1H3,(H,32,33)(H,34,36). The molecule has 4 saturated carbocycles. The fraction of sp³-hybridized carbons (Fsp3) is 0.517. The molecule has 0 aromatic carbocycles. The van der Waals surface area contributed by atoms with Crippen LogP contribution in [0.2, 0.25) is 0 Å². The normalized spacial score (nSPS) is 28.5. The maximum absolute atomic E-state index is 13.3. The molecule has 5 aliphatic rings. The van der Waals surface area contributed by atoms with Crippen LogP contribution in [0.25, 0.3) is 22.6 Å². The van der Waals surface area contributed by atoms with Gasteiger partial charge in [0.1, 0.15) is 11.4 Å². The number of morpholine rings is 1. The van der Waals surface area contributed by atoms with Crippen molar-refractivity contribution < 1.29 is 9.53 Å². The van der Waals surface area contributed by atoms with E-state index in [1.807, 2.05) is 31.5 Å². The predicted molar refractivity (Wildman–Crippen MR) is 141 cm³/mol. The molecule has 8 nitrogen and oxygen atoms in total. The van der Waals surface area contributed by atoms with E-state index in [0.29, 0.717) is 35.1 Å². The van der Waals surface area contributed by atoms with E-state index < -0.39 is 0 Å². The number of carbonyl (C=O) groups is 1. The summed E-state index contributed by atoms with van der Waals surface area (Å²) in [6.07, 6.45) is 12.1. The molecule has 4 heterocycles. The molecule has 1 aliphatic heterocycles. The number of nitrogens with one attached hydrogen (secondary N) is 2. The van der Waals surface area contributed by atoms with Gasteiger partial charge in [0.05, 0.1) is 25.1 Å². The fourth-order valence-electron chi connectivity index (χ4n) is 7.50. The van der Waals surface area contributed by atoms with Crippen LogP contribution in [-0.4, -0.2) is 58.2 Å². The van der Waals surface area contributed by atoms with Crippen molar-refractivity contribution in [3.8, 4) is 22.6 Å². The molecule has 2 N–H and O–H groups in total. The highest BCUT2D eigenvalue weighted by atomic mass is 16.5. The minimum Gasteiger partial charge on any atom is -0.378 e. The zero-order chi connectivity index (χ0) is 24.9. The van der Waals surface area contributed by atoms with E-state index >= 15 is 0 Å². The number of anilines is 1. The van der Waals surface area contributed by atoms with Crippen LogP contribution in [0.5, 0.6) is 0 Å². The Morgan fingerprint density at radius 1 is 1.03 bits per heavy atom. The highest BCUT2D eigenvalue weighted by Gasteiger charge is 2.48. The number of H-pyrrole nitrogens is 1. The Balaban J connectivity index is 1.10. The lowest BCUT2D eigenvalue weighted by Gasteiger charge is -2.54. The Kier molecular flexibility index (Phi) is 5.72. The minimum atomic E-state index is -0.0592. The first-order valence-electron chi connectivity index (χ1n) is 13.7. The molecule has 0 radical (unpaired) electrons. The second kappa shape index (κ2) is 9.24. The van der Waals surface area contributed by atoms with Gasteiger partial charge in [-0.05, 0) is 86.5 Å². The number of hydrogen-bond acceptors (Lipinski definition) is 6. The molecule has 1 saturated heterocycles. The minimum absolute atomic E-state index is 0.0592. The Bertz CT molecular complexity index is 1290. The van der Waals surface area contributed by atoms with Crippen LogP contribution in [0.4, 0.5) is 5.69 Å². The number of nitrogens with zero attached hydrogens (tertiary/aromatic N) is 4. The highest BCUT2D eigenvalue weighted by Crippen LogP contribution is 2.53. The van der Waals surface area contributed by atoms with Gasteiger partial charge in [-0.3, -0.25) is 14.8 Å². The Morgan fingerprint density at radius 3 is 2.54 bits per heavy atom. The van der Waals surface area contributed by atoms with E-state index in [1.165, 1.54) is 32.1 Å². The Hall–Kier alpha value is -3.26. The summed E-state index contributed by atoms with van der Waals surface area (Å²) < 4.78 is 5.49. The number of rotatable bonds is 5. The van der Waals surface area contributed by atoms with Crippen LogP contribution in [0, 0.1) is 30.6 Å². The number of ether oxygens (including phenoxy) is 1. The van der Waals surface area contributed by atoms with Gasteiger partial charge in [0, 0.05) is 42.8 Å². The molecular weight excluding hydrogens is 464 g/mol. The second-order valence-corrected chi connectivity index (χ2v) is 11.4. The molecule has 0 atom stereocenters. The monoisotopic (exact) mass is 498 g/mol. The maximum Gasteiger partial charge on any atom is 0.272 e. The largest absolute Gasteiger partial charge is 0.378 e. The summed E-state index contributed by atoms with van der Waals surface area (Å²) in [7, 11) is 0. The molecule has 3 aromatic rings. The topological polar surface area (TPSA) is 96.0 Å². The van der Waals surface area contributed by atoms with Gasteiger partial charge in [-0.15, -0.1) is 0 Å². The number of amides is 1. The molecule has 192 valence electrons. The zero-order valence-corrected chi connectivity index (χ0v) is 21.3. The maximum atomic E-state index is 13.3. The van der Waals surface area contributed by atoms with Crippen molar-refractivity contribution >= 4 is 11.6 Å². The summed E-state index contributed by atoms with van der Waals surface area (Å²) in [5.74, 6) is 3.61. The van der Waals surface area contributed by atoms with Gasteiger partial charge in [-0.1, -0.05) is 0 Å². The number of aromatic nitrogens is 4. The lowest BCUT2D eigenvalue weighted by atomic mass is 9.54. The first-order valence-corrected chi connectivity index (χ1v) is 13.7. The van der Waals surface area contributed by atoms with Gasteiger partial charge in [0.2, 0.25) is 0 Å². The first-order chi connectivity index (χ1) is 18.1. The molecule has 5 fully saturated rings. The summed E-state index contributed by atoms with van der Waals surface area (Å²) in [6.45, 7) is 5.13. The van der Waals surface area contributed by atoms with Gasteiger partial charge < -0.3 is 19.9 Å². The lowest BCUT2D eigenvalue weighted by Crippen LogP contribution is -2.55. The molecule has 37 heavy (non-hydrogen) atoms. The predicted octanol–water partition coefficient (Wildman–Crippen LogP) is 4.23. The molecule has 4 aliphatic carbocycles. The van der Waals surface area contributed by atoms with Crippen molar-refractivity contribution in [2.45, 2.75) is 45.1 Å². The summed E-state index contributed by atoms with van der Waals surface area (Å²) in [4.78, 5) is 32.7. The van der Waals surface area contributed by atoms with Gasteiger partial charge >= 0.3 is 0 Å². The molecule has 0 spiro atoms. The smallest absolute Gasteiger partial charge is 0.272 e. The van der Waals surface area contributed by atoms with E-state index in [2.05, 4.69) is 31.2 Å². The van der Waals surface area contributed by atoms with Crippen molar-refractivity contribution in [3.05, 3.63) is 48.2 Å². The van der Waals surface area contributed by atoms with Crippen molar-refractivity contribution in [1.29, 1.82) is 0 Å². The lowest BCUT2D eigenvalue weighted by molar-refractivity contribution is -0.0120. The van der Waals surface area contributed by atoms with E-state index in [-0.39, 0.29) is 5.91 Å². The summed E-state index contributed by atoms with van der Waals surface area (Å²) in [6, 6.07) is 6.46. The summed E-state index contributed by atoms with van der Waals surface area (Å²) >= 11 is 0. The van der Waals surface area contributed by atoms with E-state index in [4.69, 9.17) is 9.72 Å². The number of carbonyl (C=O) groups excluding carboxylic acids is 1. The van der Waals surface area contributed by atoms with Crippen molar-refractivity contribution in [2.75, 3.05) is 31.2 Å². The van der Waals surface area contributed by atoms with Crippen molar-refractivity contribution in [3.63, 3.8) is 0 Å². The van der Waals surface area contributed by atoms with Gasteiger partial charge in [-0.25, -0.2) is 4.98 Å². The van der Waals surface area contributed by atoms with Crippen LogP contribution >= 0.6 is 0 Å². The third kappa shape index (κ3) is 4.31. The number of aromatic amines is 1. The van der Waals surface area contributed by atoms with Crippen LogP contribution < -0.4 is 10.2 Å². The van der Waals surface area contributed by atoms with Gasteiger partial charge in [-0.2, -0.15) is 0 Å². The van der Waals surface area contributed by atoms with Crippen LogP contribution in [0.1, 0.15) is 48.3 Å². The molecular formula is C29H34N6O2. The van der Waals surface area contributed by atoms with Crippen molar-refractivity contribution in [2.24, 2.45) is 23.7 Å². The Labute approximate surface area is 217 Å². The average Bonchev–Trinajstić information content (AvgIpc) is 3.33. The van der Waals surface area contributed by atoms with Gasteiger partial charge in [0.15, 0.2) is 5.82 Å². The summed E-state index contributed by atoms with van der Waals surface area (Å²) in [5, 5.41) is 3.39. The molecule has 1 amide bonds. The second-order valence-electron chi connectivity index (χ2n) is 11.4. The zero-order valence-electron chi connectivity index (χ0n) is 21.3. The third-order valence-corrected chi connectivity index (χ3v) is 9.06. The first kappa shape index (κ1) is 22.9. The number of hydrogen-bond donors (Lipinski definition) is 2. The quantitative estimate of drug-likeness (QED) is 0.547. The summed E-state index contributed by atoms with van der Waals surface area (Å²) in [5.41, 5.74) is 5.10. The molecule has 8 heteroatoms. The fourth-order valence-corrected chi connectivity index (χ4v) is 7.50. The molecule has 0 unspecified atom stereocenters. The van der Waals surface area contributed by atoms with E-state index in [0.717, 1.165) is 60.6 Å². The van der Waals surface area contributed by atoms with Gasteiger partial charge in [0.25, 0.3) is 5.91 Å².